The molecule has 0 saturated heterocycles. The molecule has 0 aromatic heterocycles. The lowest BCUT2D eigenvalue weighted by atomic mass is 10.1. The van der Waals surface area contributed by atoms with Crippen molar-refractivity contribution in [2.24, 2.45) is 0 Å². The molecule has 2 unspecified atom stereocenters. The zero-order valence-electron chi connectivity index (χ0n) is 6.74. The molecule has 4 heteroatoms. The van der Waals surface area contributed by atoms with E-state index in [2.05, 4.69) is 61.6 Å². The van der Waals surface area contributed by atoms with Crippen molar-refractivity contribution < 1.29 is 4.74 Å². The molecule has 0 aromatic rings. The van der Waals surface area contributed by atoms with Crippen LogP contribution in [0.25, 0.3) is 0 Å². The molecule has 0 bridgehead atoms. The van der Waals surface area contributed by atoms with Gasteiger partial charge in [0.05, 0.1) is 12.2 Å². The monoisotopic (exact) mass is 350 g/mol. The zero-order valence-corrected chi connectivity index (χ0v) is 11.5. The van der Waals surface area contributed by atoms with E-state index in [4.69, 9.17) is 4.74 Å². The van der Waals surface area contributed by atoms with Crippen LogP contribution in [-0.4, -0.2) is 27.7 Å². The maximum Gasteiger partial charge on any atom is 0.0872 e. The molecule has 0 aromatic carbocycles. The second kappa shape index (κ2) is 5.95. The second-order valence-corrected chi connectivity index (χ2v) is 5.33. The SMILES string of the molecule is CC(Br)C(C)(CBr)OCCBr. The summed E-state index contributed by atoms with van der Waals surface area (Å²) in [5, 5.41) is 1.73. The maximum atomic E-state index is 5.65. The van der Waals surface area contributed by atoms with E-state index in [1.54, 1.807) is 0 Å². The average molecular weight is 353 g/mol. The molecule has 11 heavy (non-hydrogen) atoms. The van der Waals surface area contributed by atoms with Gasteiger partial charge in [0.2, 0.25) is 0 Å². The van der Waals surface area contributed by atoms with Crippen LogP contribution in [0.5, 0.6) is 0 Å². The highest BCUT2D eigenvalue weighted by Crippen LogP contribution is 2.24. The van der Waals surface area contributed by atoms with Crippen molar-refractivity contribution in [1.29, 1.82) is 0 Å². The number of ether oxygens (including phenoxy) is 1. The third kappa shape index (κ3) is 4.25. The summed E-state index contributed by atoms with van der Waals surface area (Å²) in [6.07, 6.45) is 0. The van der Waals surface area contributed by atoms with Gasteiger partial charge in [0, 0.05) is 15.5 Å². The van der Waals surface area contributed by atoms with Crippen molar-refractivity contribution in [3.8, 4) is 0 Å². The number of hydrogen-bond acceptors (Lipinski definition) is 1. The van der Waals surface area contributed by atoms with E-state index < -0.39 is 0 Å². The van der Waals surface area contributed by atoms with Crippen molar-refractivity contribution >= 4 is 47.8 Å². The Bertz CT molecular complexity index is 108. The van der Waals surface area contributed by atoms with E-state index in [9.17, 15) is 0 Å². The Kier molecular flexibility index (Phi) is 6.70. The highest BCUT2D eigenvalue weighted by Gasteiger charge is 2.28. The van der Waals surface area contributed by atoms with Gasteiger partial charge < -0.3 is 4.74 Å². The number of alkyl halides is 3. The fraction of sp³-hybridized carbons (Fsp3) is 1.00. The van der Waals surface area contributed by atoms with Gasteiger partial charge in [-0.3, -0.25) is 0 Å². The Labute approximate surface area is 93.6 Å². The van der Waals surface area contributed by atoms with Crippen LogP contribution in [0.3, 0.4) is 0 Å². The Hall–Kier alpha value is 1.40. The Morgan fingerprint density at radius 2 is 2.00 bits per heavy atom. The van der Waals surface area contributed by atoms with Crippen LogP contribution in [0.1, 0.15) is 13.8 Å². The number of hydrogen-bond donors (Lipinski definition) is 0. The van der Waals surface area contributed by atoms with E-state index in [0.717, 1.165) is 17.3 Å². The molecule has 0 aliphatic heterocycles. The minimum atomic E-state index is -0.103. The number of halogens is 3. The molecule has 0 radical (unpaired) electrons. The molecular weight excluding hydrogens is 340 g/mol. The van der Waals surface area contributed by atoms with Crippen molar-refractivity contribution in [2.75, 3.05) is 17.3 Å². The van der Waals surface area contributed by atoms with Gasteiger partial charge in [-0.05, 0) is 13.8 Å². The Morgan fingerprint density at radius 3 is 2.27 bits per heavy atom. The minimum Gasteiger partial charge on any atom is -0.372 e. The first-order valence-corrected chi connectivity index (χ1v) is 6.62. The summed E-state index contributed by atoms with van der Waals surface area (Å²) in [6, 6.07) is 0. The molecule has 0 aliphatic rings. The molecule has 68 valence electrons. The fourth-order valence-corrected chi connectivity index (χ4v) is 2.07. The largest absolute Gasteiger partial charge is 0.372 e. The topological polar surface area (TPSA) is 9.23 Å². The molecule has 0 amide bonds. The first kappa shape index (κ1) is 12.4. The molecule has 0 fully saturated rings. The lowest BCUT2D eigenvalue weighted by Gasteiger charge is -2.30. The molecule has 0 aliphatic carbocycles. The molecule has 0 N–H and O–H groups in total. The van der Waals surface area contributed by atoms with Crippen LogP contribution < -0.4 is 0 Å². The van der Waals surface area contributed by atoms with Crippen LogP contribution in [-0.2, 0) is 4.74 Å². The minimum absolute atomic E-state index is 0.103. The predicted molar refractivity (Wildman–Crippen MR) is 60.3 cm³/mol. The lowest BCUT2D eigenvalue weighted by Crippen LogP contribution is -2.39. The molecular formula is C7H13Br3O. The first-order chi connectivity index (χ1) is 5.06. The first-order valence-electron chi connectivity index (χ1n) is 3.47. The van der Waals surface area contributed by atoms with Gasteiger partial charge in [-0.2, -0.15) is 0 Å². The predicted octanol–water partition coefficient (Wildman–Crippen LogP) is 3.33. The Morgan fingerprint density at radius 1 is 1.45 bits per heavy atom. The van der Waals surface area contributed by atoms with Gasteiger partial charge >= 0.3 is 0 Å². The van der Waals surface area contributed by atoms with Gasteiger partial charge in [0.25, 0.3) is 0 Å². The Balaban J connectivity index is 3.88. The van der Waals surface area contributed by atoms with E-state index in [1.165, 1.54) is 0 Å². The van der Waals surface area contributed by atoms with Gasteiger partial charge in [0.1, 0.15) is 0 Å². The third-order valence-corrected chi connectivity index (χ3v) is 4.02. The van der Waals surface area contributed by atoms with Crippen molar-refractivity contribution in [3.05, 3.63) is 0 Å². The summed E-state index contributed by atoms with van der Waals surface area (Å²) < 4.78 is 5.65. The zero-order chi connectivity index (χ0) is 8.91. The highest BCUT2D eigenvalue weighted by molar-refractivity contribution is 9.10. The summed E-state index contributed by atoms with van der Waals surface area (Å²) in [7, 11) is 0. The second-order valence-electron chi connectivity index (χ2n) is 2.60. The van der Waals surface area contributed by atoms with Gasteiger partial charge in [0.15, 0.2) is 0 Å². The summed E-state index contributed by atoms with van der Waals surface area (Å²) in [4.78, 5) is 0.355. The fourth-order valence-electron chi connectivity index (χ4n) is 0.531. The standard InChI is InChI=1S/C7H13Br3O/c1-6(10)7(2,5-9)11-4-3-8/h6H,3-5H2,1-2H3. The normalized spacial score (nSPS) is 19.4. The molecule has 0 rings (SSSR count). The molecule has 0 saturated carbocycles. The van der Waals surface area contributed by atoms with Crippen LogP contribution in [0.4, 0.5) is 0 Å². The summed E-state index contributed by atoms with van der Waals surface area (Å²) in [5.41, 5.74) is -0.103. The van der Waals surface area contributed by atoms with Gasteiger partial charge in [-0.15, -0.1) is 0 Å². The summed E-state index contributed by atoms with van der Waals surface area (Å²) in [6.45, 7) is 4.93. The van der Waals surface area contributed by atoms with Crippen LogP contribution in [0.2, 0.25) is 0 Å². The molecule has 0 heterocycles. The lowest BCUT2D eigenvalue weighted by molar-refractivity contribution is 0.000143. The van der Waals surface area contributed by atoms with Crippen LogP contribution in [0, 0.1) is 0 Å². The van der Waals surface area contributed by atoms with E-state index in [-0.39, 0.29) is 5.60 Å². The summed E-state index contributed by atoms with van der Waals surface area (Å²) in [5.74, 6) is 0. The van der Waals surface area contributed by atoms with Gasteiger partial charge in [-0.1, -0.05) is 47.8 Å². The van der Waals surface area contributed by atoms with E-state index in [0.29, 0.717) is 4.83 Å². The molecule has 1 nitrogen and oxygen atoms in total. The van der Waals surface area contributed by atoms with Crippen molar-refractivity contribution in [1.82, 2.24) is 0 Å². The third-order valence-electron chi connectivity index (χ3n) is 1.62. The average Bonchev–Trinajstić information content (AvgIpc) is 2.00. The number of rotatable bonds is 5. The van der Waals surface area contributed by atoms with Crippen LogP contribution >= 0.6 is 47.8 Å². The van der Waals surface area contributed by atoms with Gasteiger partial charge in [-0.25, -0.2) is 0 Å². The molecule has 0 spiro atoms. The van der Waals surface area contributed by atoms with Crippen molar-refractivity contribution in [3.63, 3.8) is 0 Å². The quantitative estimate of drug-likeness (QED) is 0.690. The smallest absolute Gasteiger partial charge is 0.0872 e. The van der Waals surface area contributed by atoms with Crippen LogP contribution in [0.15, 0.2) is 0 Å². The van der Waals surface area contributed by atoms with E-state index >= 15 is 0 Å². The maximum absolute atomic E-state index is 5.65. The molecule has 2 atom stereocenters. The highest BCUT2D eigenvalue weighted by atomic mass is 79.9. The van der Waals surface area contributed by atoms with E-state index in [1.807, 2.05) is 0 Å². The summed E-state index contributed by atoms with van der Waals surface area (Å²) >= 11 is 10.3. The van der Waals surface area contributed by atoms with Crippen molar-refractivity contribution in [2.45, 2.75) is 24.3 Å².